The van der Waals surface area contributed by atoms with Crippen LogP contribution in [0.2, 0.25) is 0 Å². The average molecular weight is 312 g/mol. The Kier molecular flexibility index (Phi) is 3.53. The Balaban J connectivity index is 1.47. The number of hydrogen-bond acceptors (Lipinski definition) is 5. The van der Waals surface area contributed by atoms with Crippen molar-refractivity contribution in [3.63, 3.8) is 0 Å². The topological polar surface area (TPSA) is 84.4 Å². The van der Waals surface area contributed by atoms with Crippen LogP contribution in [0, 0.1) is 5.92 Å². The van der Waals surface area contributed by atoms with E-state index < -0.39 is 0 Å². The monoisotopic (exact) mass is 312 g/mol. The summed E-state index contributed by atoms with van der Waals surface area (Å²) in [5, 5.41) is 3.08. The Morgan fingerprint density at radius 2 is 2.17 bits per heavy atom. The maximum Gasteiger partial charge on any atom is 0.307 e. The van der Waals surface area contributed by atoms with E-state index in [0.717, 1.165) is 38.0 Å². The highest BCUT2D eigenvalue weighted by Gasteiger charge is 2.35. The fraction of sp³-hybridized carbons (Fsp3) is 0.412. The van der Waals surface area contributed by atoms with Crippen LogP contribution in [-0.4, -0.2) is 41.5 Å². The van der Waals surface area contributed by atoms with Crippen molar-refractivity contribution >= 4 is 11.6 Å². The summed E-state index contributed by atoms with van der Waals surface area (Å²) >= 11 is 0. The third kappa shape index (κ3) is 2.82. The minimum Gasteiger partial charge on any atom is -0.432 e. The number of nitrogens with two attached hydrogens (primary N) is 1. The van der Waals surface area contributed by atoms with E-state index in [0.29, 0.717) is 17.4 Å². The number of nitrogen functional groups attached to an aromatic ring is 1. The van der Waals surface area contributed by atoms with Crippen molar-refractivity contribution in [2.45, 2.75) is 18.9 Å². The van der Waals surface area contributed by atoms with Crippen LogP contribution < -0.4 is 11.1 Å². The summed E-state index contributed by atoms with van der Waals surface area (Å²) in [6.45, 7) is 3.23. The molecule has 3 aliphatic rings. The predicted molar refractivity (Wildman–Crippen MR) is 86.8 cm³/mol. The zero-order valence-electron chi connectivity index (χ0n) is 12.9. The molecule has 4 heterocycles. The molecular weight excluding hydrogens is 292 g/mol. The first kappa shape index (κ1) is 14.3. The first-order valence-electron chi connectivity index (χ1n) is 8.04. The number of hydrogen-bond donors (Lipinski definition) is 2. The zero-order chi connectivity index (χ0) is 15.8. The van der Waals surface area contributed by atoms with E-state index in [-0.39, 0.29) is 17.8 Å². The summed E-state index contributed by atoms with van der Waals surface area (Å²) in [7, 11) is 0. The van der Waals surface area contributed by atoms with Gasteiger partial charge in [-0.3, -0.25) is 4.79 Å². The molecule has 3 fully saturated rings. The minimum absolute atomic E-state index is 0.110. The van der Waals surface area contributed by atoms with Gasteiger partial charge in [0, 0.05) is 23.8 Å². The predicted octanol–water partition coefficient (Wildman–Crippen LogP) is 1.75. The molecule has 1 atom stereocenters. The molecule has 6 heteroatoms. The SMILES string of the molecule is Nc1cccc(-c2cnc(C(=O)N[C@H]3CN4CCC3CC4)o2)c1. The maximum absolute atomic E-state index is 12.4. The van der Waals surface area contributed by atoms with Crippen molar-refractivity contribution in [2.75, 3.05) is 25.4 Å². The lowest BCUT2D eigenvalue weighted by Gasteiger charge is -2.44. The highest BCUT2D eigenvalue weighted by molar-refractivity contribution is 5.90. The smallest absolute Gasteiger partial charge is 0.307 e. The number of nitrogens with zero attached hydrogens (tertiary/aromatic N) is 2. The minimum atomic E-state index is -0.237. The second kappa shape index (κ2) is 5.70. The van der Waals surface area contributed by atoms with Crippen LogP contribution in [0.25, 0.3) is 11.3 Å². The third-order valence-electron chi connectivity index (χ3n) is 4.84. The first-order valence-corrected chi connectivity index (χ1v) is 8.04. The molecule has 0 aliphatic carbocycles. The number of carbonyl (C=O) groups excluding carboxylic acids is 1. The van der Waals surface area contributed by atoms with Crippen molar-refractivity contribution in [3.05, 3.63) is 36.4 Å². The van der Waals surface area contributed by atoms with Gasteiger partial charge in [-0.05, 0) is 44.0 Å². The molecule has 5 rings (SSSR count). The molecule has 3 N–H and O–H groups in total. The summed E-state index contributed by atoms with van der Waals surface area (Å²) in [5.74, 6) is 1.00. The van der Waals surface area contributed by atoms with Gasteiger partial charge in [-0.25, -0.2) is 4.98 Å². The molecule has 3 saturated heterocycles. The molecule has 1 aromatic carbocycles. The van der Waals surface area contributed by atoms with Gasteiger partial charge in [-0.2, -0.15) is 0 Å². The number of rotatable bonds is 3. The molecule has 120 valence electrons. The Labute approximate surface area is 134 Å². The molecule has 0 spiro atoms. The fourth-order valence-corrected chi connectivity index (χ4v) is 3.56. The maximum atomic E-state index is 12.4. The summed E-state index contributed by atoms with van der Waals surface area (Å²) < 4.78 is 5.62. The van der Waals surface area contributed by atoms with E-state index in [1.165, 1.54) is 0 Å². The molecular formula is C17H20N4O2. The normalized spacial score (nSPS) is 26.2. The number of fused-ring (bicyclic) bond motifs is 3. The first-order chi connectivity index (χ1) is 11.2. The Morgan fingerprint density at radius 3 is 2.87 bits per heavy atom. The lowest BCUT2D eigenvalue weighted by molar-refractivity contribution is 0.0602. The average Bonchev–Trinajstić information content (AvgIpc) is 3.06. The van der Waals surface area contributed by atoms with Gasteiger partial charge < -0.3 is 20.4 Å². The van der Waals surface area contributed by atoms with Crippen LogP contribution in [0.15, 0.2) is 34.9 Å². The van der Waals surface area contributed by atoms with Crippen molar-refractivity contribution in [3.8, 4) is 11.3 Å². The second-order valence-electron chi connectivity index (χ2n) is 6.37. The number of nitrogens with one attached hydrogen (secondary N) is 1. The molecule has 2 aromatic rings. The standard InChI is InChI=1S/C17H20N4O2/c18-13-3-1-2-12(8-13)15-9-19-17(23-15)16(22)20-14-10-21-6-4-11(14)5-7-21/h1-3,8-9,11,14H,4-7,10,18H2,(H,20,22)/t14-/m0/s1. The van der Waals surface area contributed by atoms with Gasteiger partial charge in [0.05, 0.1) is 6.20 Å². The molecule has 2 bridgehead atoms. The number of anilines is 1. The number of benzene rings is 1. The quantitative estimate of drug-likeness (QED) is 0.844. The Hall–Kier alpha value is -2.34. The van der Waals surface area contributed by atoms with Crippen molar-refractivity contribution in [2.24, 2.45) is 5.92 Å². The summed E-state index contributed by atoms with van der Waals surface area (Å²) in [6.07, 6.45) is 3.89. The van der Waals surface area contributed by atoms with E-state index in [9.17, 15) is 4.79 Å². The van der Waals surface area contributed by atoms with Crippen molar-refractivity contribution in [1.29, 1.82) is 0 Å². The molecule has 0 radical (unpaired) electrons. The molecule has 1 aromatic heterocycles. The van der Waals surface area contributed by atoms with Gasteiger partial charge in [0.2, 0.25) is 0 Å². The molecule has 0 saturated carbocycles. The Morgan fingerprint density at radius 1 is 1.35 bits per heavy atom. The largest absolute Gasteiger partial charge is 0.432 e. The molecule has 6 nitrogen and oxygen atoms in total. The highest BCUT2D eigenvalue weighted by atomic mass is 16.4. The van der Waals surface area contributed by atoms with Crippen LogP contribution in [-0.2, 0) is 0 Å². The second-order valence-corrected chi connectivity index (χ2v) is 6.37. The molecule has 3 aliphatic heterocycles. The lowest BCUT2D eigenvalue weighted by atomic mass is 9.84. The van der Waals surface area contributed by atoms with E-state index in [1.54, 1.807) is 18.3 Å². The number of piperidine rings is 3. The van der Waals surface area contributed by atoms with Crippen molar-refractivity contribution in [1.82, 2.24) is 15.2 Å². The highest BCUT2D eigenvalue weighted by Crippen LogP contribution is 2.28. The summed E-state index contributed by atoms with van der Waals surface area (Å²) in [6, 6.07) is 7.54. The van der Waals surface area contributed by atoms with Crippen molar-refractivity contribution < 1.29 is 9.21 Å². The van der Waals surface area contributed by atoms with Crippen LogP contribution in [0.4, 0.5) is 5.69 Å². The van der Waals surface area contributed by atoms with E-state index in [1.807, 2.05) is 12.1 Å². The van der Waals surface area contributed by atoms with Crippen LogP contribution >= 0.6 is 0 Å². The zero-order valence-corrected chi connectivity index (χ0v) is 12.9. The van der Waals surface area contributed by atoms with E-state index >= 15 is 0 Å². The van der Waals surface area contributed by atoms with Gasteiger partial charge in [-0.1, -0.05) is 12.1 Å². The Bertz CT molecular complexity index is 719. The fourth-order valence-electron chi connectivity index (χ4n) is 3.56. The van der Waals surface area contributed by atoms with E-state index in [4.69, 9.17) is 10.2 Å². The van der Waals surface area contributed by atoms with E-state index in [2.05, 4.69) is 15.2 Å². The number of oxazole rings is 1. The summed E-state index contributed by atoms with van der Waals surface area (Å²) in [5.41, 5.74) is 7.24. The number of carbonyl (C=O) groups is 1. The third-order valence-corrected chi connectivity index (χ3v) is 4.84. The molecule has 1 amide bonds. The van der Waals surface area contributed by atoms with Crippen LogP contribution in [0.5, 0.6) is 0 Å². The van der Waals surface area contributed by atoms with Gasteiger partial charge in [0.15, 0.2) is 5.76 Å². The number of amides is 1. The van der Waals surface area contributed by atoms with Gasteiger partial charge in [0.25, 0.3) is 5.89 Å². The molecule has 23 heavy (non-hydrogen) atoms. The van der Waals surface area contributed by atoms with Gasteiger partial charge >= 0.3 is 5.91 Å². The summed E-state index contributed by atoms with van der Waals surface area (Å²) in [4.78, 5) is 18.9. The molecule has 0 unspecified atom stereocenters. The lowest BCUT2D eigenvalue weighted by Crippen LogP contribution is -2.57. The van der Waals surface area contributed by atoms with Crippen LogP contribution in [0.3, 0.4) is 0 Å². The van der Waals surface area contributed by atoms with Gasteiger partial charge in [0.1, 0.15) is 0 Å². The van der Waals surface area contributed by atoms with Crippen LogP contribution in [0.1, 0.15) is 23.5 Å². The van der Waals surface area contributed by atoms with Gasteiger partial charge in [-0.15, -0.1) is 0 Å². The number of aromatic nitrogens is 1.